The Kier molecular flexibility index (Phi) is 5.13. The summed E-state index contributed by atoms with van der Waals surface area (Å²) in [5.41, 5.74) is 6.97. The van der Waals surface area contributed by atoms with Gasteiger partial charge in [-0.25, -0.2) is 0 Å². The first kappa shape index (κ1) is 17.2. The van der Waals surface area contributed by atoms with Gasteiger partial charge in [0.2, 0.25) is 11.9 Å². The Morgan fingerprint density at radius 3 is 2.64 bits per heavy atom. The first-order valence-electron chi connectivity index (χ1n) is 7.79. The van der Waals surface area contributed by atoms with Crippen molar-refractivity contribution in [3.8, 4) is 0 Å². The van der Waals surface area contributed by atoms with Crippen LogP contribution in [-0.4, -0.2) is 43.8 Å². The van der Waals surface area contributed by atoms with E-state index in [0.29, 0.717) is 17.5 Å². The fourth-order valence-corrected chi connectivity index (χ4v) is 3.16. The van der Waals surface area contributed by atoms with Crippen LogP contribution in [0.2, 0.25) is 0 Å². The second kappa shape index (κ2) is 7.47. The van der Waals surface area contributed by atoms with Crippen molar-refractivity contribution in [2.24, 2.45) is 0 Å². The summed E-state index contributed by atoms with van der Waals surface area (Å²) in [5.74, 6) is 1.91. The van der Waals surface area contributed by atoms with E-state index < -0.39 is 0 Å². The van der Waals surface area contributed by atoms with E-state index in [1.807, 2.05) is 36.9 Å². The van der Waals surface area contributed by atoms with Crippen LogP contribution in [0.5, 0.6) is 0 Å². The topological polar surface area (TPSA) is 98.6 Å². The molecule has 8 nitrogen and oxygen atoms in total. The van der Waals surface area contributed by atoms with Crippen LogP contribution in [-0.2, 0) is 5.75 Å². The number of thioether (sulfide) groups is 1. The molecule has 0 aliphatic carbocycles. The Hall–Kier alpha value is -2.68. The maximum absolute atomic E-state index is 5.77. The second-order valence-electron chi connectivity index (χ2n) is 5.70. The van der Waals surface area contributed by atoms with Crippen molar-refractivity contribution in [1.29, 1.82) is 0 Å². The minimum absolute atomic E-state index is 0.138. The average Bonchev–Trinajstić information content (AvgIpc) is 3.08. The molecule has 3 aromatic rings. The smallest absolute Gasteiger partial charge is 0.229 e. The van der Waals surface area contributed by atoms with Gasteiger partial charge < -0.3 is 15.2 Å². The van der Waals surface area contributed by atoms with Crippen LogP contribution in [0.15, 0.2) is 41.8 Å². The van der Waals surface area contributed by atoms with Gasteiger partial charge in [-0.3, -0.25) is 0 Å². The highest BCUT2D eigenvalue weighted by Gasteiger charge is 2.14. The molecule has 0 aliphatic heterocycles. The van der Waals surface area contributed by atoms with Crippen LogP contribution in [0.1, 0.15) is 24.4 Å². The Morgan fingerprint density at radius 1 is 1.16 bits per heavy atom. The SMILES string of the molecule is C[C@H](c1ccccc1)n1cnnc1SCc1nc(N)nc(N(C)C)n1. The van der Waals surface area contributed by atoms with Crippen molar-refractivity contribution in [3.05, 3.63) is 48.0 Å². The maximum Gasteiger partial charge on any atom is 0.229 e. The number of anilines is 2. The van der Waals surface area contributed by atoms with Crippen molar-refractivity contribution >= 4 is 23.7 Å². The number of benzene rings is 1. The van der Waals surface area contributed by atoms with Crippen LogP contribution in [0.4, 0.5) is 11.9 Å². The monoisotopic (exact) mass is 356 g/mol. The summed E-state index contributed by atoms with van der Waals surface area (Å²) in [7, 11) is 3.73. The van der Waals surface area contributed by atoms with E-state index in [-0.39, 0.29) is 12.0 Å². The quantitative estimate of drug-likeness (QED) is 0.670. The Bertz CT molecular complexity index is 833. The van der Waals surface area contributed by atoms with Crippen LogP contribution in [0.3, 0.4) is 0 Å². The van der Waals surface area contributed by atoms with Crippen LogP contribution in [0.25, 0.3) is 0 Å². The van der Waals surface area contributed by atoms with Crippen molar-refractivity contribution in [2.45, 2.75) is 23.9 Å². The lowest BCUT2D eigenvalue weighted by molar-refractivity contribution is 0.582. The fraction of sp³-hybridized carbons (Fsp3) is 0.312. The molecule has 0 unspecified atom stereocenters. The highest BCUT2D eigenvalue weighted by molar-refractivity contribution is 7.98. The predicted octanol–water partition coefficient (Wildman–Crippen LogP) is 2.01. The summed E-state index contributed by atoms with van der Waals surface area (Å²) >= 11 is 1.52. The molecule has 0 bridgehead atoms. The van der Waals surface area contributed by atoms with E-state index in [2.05, 4.69) is 44.2 Å². The predicted molar refractivity (Wildman–Crippen MR) is 98.4 cm³/mol. The molecular weight excluding hydrogens is 336 g/mol. The molecule has 0 saturated heterocycles. The number of rotatable bonds is 6. The molecule has 2 heterocycles. The number of hydrogen-bond acceptors (Lipinski definition) is 8. The summed E-state index contributed by atoms with van der Waals surface area (Å²) < 4.78 is 2.04. The fourth-order valence-electron chi connectivity index (χ4n) is 2.31. The van der Waals surface area contributed by atoms with E-state index in [1.165, 1.54) is 17.3 Å². The van der Waals surface area contributed by atoms with Crippen LogP contribution >= 0.6 is 11.8 Å². The van der Waals surface area contributed by atoms with E-state index in [9.17, 15) is 0 Å². The Labute approximate surface area is 150 Å². The number of hydrogen-bond donors (Lipinski definition) is 1. The molecule has 25 heavy (non-hydrogen) atoms. The summed E-state index contributed by atoms with van der Waals surface area (Å²) in [4.78, 5) is 14.5. The third-order valence-corrected chi connectivity index (χ3v) is 4.61. The van der Waals surface area contributed by atoms with E-state index >= 15 is 0 Å². The highest BCUT2D eigenvalue weighted by atomic mass is 32.2. The van der Waals surface area contributed by atoms with Crippen LogP contribution < -0.4 is 10.6 Å². The molecule has 0 radical (unpaired) electrons. The molecule has 130 valence electrons. The number of nitrogens with zero attached hydrogens (tertiary/aromatic N) is 7. The summed E-state index contributed by atoms with van der Waals surface area (Å²) in [6.07, 6.45) is 1.74. The summed E-state index contributed by atoms with van der Waals surface area (Å²) in [6.45, 7) is 2.12. The molecule has 1 aromatic carbocycles. The van der Waals surface area contributed by atoms with E-state index in [0.717, 1.165) is 5.16 Å². The van der Waals surface area contributed by atoms with Gasteiger partial charge in [-0.05, 0) is 12.5 Å². The molecule has 9 heteroatoms. The standard InChI is InChI=1S/C16H20N8S/c1-11(12-7-5-4-6-8-12)24-10-18-22-16(24)25-9-13-19-14(17)21-15(20-13)23(2)3/h4-8,10-11H,9H2,1-3H3,(H2,17,19,20,21)/t11-/m1/s1. The molecule has 3 rings (SSSR count). The van der Waals surface area contributed by atoms with Crippen molar-refractivity contribution in [1.82, 2.24) is 29.7 Å². The van der Waals surface area contributed by atoms with Gasteiger partial charge in [0.1, 0.15) is 12.2 Å². The zero-order valence-electron chi connectivity index (χ0n) is 14.4. The lowest BCUT2D eigenvalue weighted by Gasteiger charge is -2.15. The molecule has 2 aromatic heterocycles. The van der Waals surface area contributed by atoms with Gasteiger partial charge in [-0.15, -0.1) is 10.2 Å². The largest absolute Gasteiger partial charge is 0.368 e. The molecule has 0 spiro atoms. The van der Waals surface area contributed by atoms with Gasteiger partial charge in [0.15, 0.2) is 5.16 Å². The van der Waals surface area contributed by atoms with Gasteiger partial charge in [0, 0.05) is 14.1 Å². The minimum atomic E-state index is 0.138. The zero-order valence-corrected chi connectivity index (χ0v) is 15.2. The first-order chi connectivity index (χ1) is 12.0. The lowest BCUT2D eigenvalue weighted by atomic mass is 10.1. The minimum Gasteiger partial charge on any atom is -0.368 e. The average molecular weight is 356 g/mol. The lowest BCUT2D eigenvalue weighted by Crippen LogP contribution is -2.16. The molecule has 2 N–H and O–H groups in total. The second-order valence-corrected chi connectivity index (χ2v) is 6.64. The van der Waals surface area contributed by atoms with Gasteiger partial charge in [-0.2, -0.15) is 15.0 Å². The van der Waals surface area contributed by atoms with Crippen molar-refractivity contribution < 1.29 is 0 Å². The Morgan fingerprint density at radius 2 is 1.92 bits per heavy atom. The molecule has 0 fully saturated rings. The Balaban J connectivity index is 1.76. The molecular formula is C16H20N8S. The number of nitrogen functional groups attached to an aromatic ring is 1. The third kappa shape index (κ3) is 4.05. The van der Waals surface area contributed by atoms with Crippen molar-refractivity contribution in [2.75, 3.05) is 24.7 Å². The molecule has 0 amide bonds. The molecule has 0 aliphatic rings. The maximum atomic E-state index is 5.77. The summed E-state index contributed by atoms with van der Waals surface area (Å²) in [5, 5.41) is 9.08. The van der Waals surface area contributed by atoms with Gasteiger partial charge in [0.25, 0.3) is 0 Å². The summed E-state index contributed by atoms with van der Waals surface area (Å²) in [6, 6.07) is 10.4. The van der Waals surface area contributed by atoms with Gasteiger partial charge in [-0.1, -0.05) is 42.1 Å². The molecule has 0 saturated carbocycles. The van der Waals surface area contributed by atoms with Crippen molar-refractivity contribution in [3.63, 3.8) is 0 Å². The van der Waals surface area contributed by atoms with E-state index in [4.69, 9.17) is 5.73 Å². The third-order valence-electron chi connectivity index (χ3n) is 3.66. The van der Waals surface area contributed by atoms with Gasteiger partial charge >= 0.3 is 0 Å². The normalized spacial score (nSPS) is 12.1. The number of aromatic nitrogens is 6. The van der Waals surface area contributed by atoms with Crippen LogP contribution in [0, 0.1) is 0 Å². The van der Waals surface area contributed by atoms with E-state index in [1.54, 1.807) is 11.2 Å². The van der Waals surface area contributed by atoms with Gasteiger partial charge in [0.05, 0.1) is 11.8 Å². The highest BCUT2D eigenvalue weighted by Crippen LogP contribution is 2.26. The molecule has 1 atom stereocenters. The zero-order chi connectivity index (χ0) is 17.8. The first-order valence-corrected chi connectivity index (χ1v) is 8.78. The number of nitrogens with two attached hydrogens (primary N) is 1.